The fourth-order valence-electron chi connectivity index (χ4n) is 2.26. The Kier molecular flexibility index (Phi) is 6.88. The third kappa shape index (κ3) is 6.60. The minimum atomic E-state index is -0.824. The van der Waals surface area contributed by atoms with Crippen LogP contribution >= 0.6 is 15.9 Å². The van der Waals surface area contributed by atoms with Gasteiger partial charge in [-0.05, 0) is 66.2 Å². The molecule has 0 aliphatic carbocycles. The molecule has 0 aliphatic rings. The van der Waals surface area contributed by atoms with Crippen LogP contribution in [0.1, 0.15) is 59.1 Å². The molecule has 1 aromatic carbocycles. The first kappa shape index (κ1) is 22.4. The first-order chi connectivity index (χ1) is 12.9. The summed E-state index contributed by atoms with van der Waals surface area (Å²) in [6, 6.07) is 5.73. The predicted molar refractivity (Wildman–Crippen MR) is 110 cm³/mol. The van der Waals surface area contributed by atoms with Gasteiger partial charge in [-0.15, -0.1) is 10.2 Å². The maximum atomic E-state index is 12.3. The predicted octanol–water partition coefficient (Wildman–Crippen LogP) is 5.19. The van der Waals surface area contributed by atoms with Crippen molar-refractivity contribution in [3.63, 3.8) is 0 Å². The molecule has 1 aromatic heterocycles. The summed E-state index contributed by atoms with van der Waals surface area (Å²) in [5.74, 6) is 0.539. The largest absolute Gasteiger partial charge is 0.434 e. The monoisotopic (exact) mass is 453 g/mol. The second kappa shape index (κ2) is 8.61. The molecular formula is C20H28BrN3O4. The highest BCUT2D eigenvalue weighted by Crippen LogP contribution is 2.29. The van der Waals surface area contributed by atoms with Crippen molar-refractivity contribution in [2.24, 2.45) is 0 Å². The molecule has 0 bridgehead atoms. The van der Waals surface area contributed by atoms with E-state index >= 15 is 0 Å². The Morgan fingerprint density at radius 1 is 1.21 bits per heavy atom. The SMILES string of the molecule is Cc1c(Br)cccc1-c1nnc([C@@H](COC(C)(C)C)OC(=O)NC(C)(C)C)o1. The average Bonchev–Trinajstić information content (AvgIpc) is 3.01. The van der Waals surface area contributed by atoms with Crippen molar-refractivity contribution in [3.05, 3.63) is 34.1 Å². The molecule has 1 amide bonds. The molecule has 1 N–H and O–H groups in total. The Labute approximate surface area is 174 Å². The van der Waals surface area contributed by atoms with Crippen LogP contribution in [0.2, 0.25) is 0 Å². The van der Waals surface area contributed by atoms with E-state index in [-0.39, 0.29) is 12.5 Å². The standard InChI is InChI=1S/C20H28BrN3O4/c1-12-13(9-8-10-14(12)21)16-23-24-17(28-16)15(11-26-20(5,6)7)27-18(25)22-19(2,3)4/h8-10,15H,11H2,1-7H3,(H,22,25)/t15-/m1/s1. The zero-order valence-corrected chi connectivity index (χ0v) is 19.0. The Morgan fingerprint density at radius 3 is 2.50 bits per heavy atom. The first-order valence-corrected chi connectivity index (χ1v) is 9.87. The summed E-state index contributed by atoms with van der Waals surface area (Å²) in [6.45, 7) is 13.4. The maximum Gasteiger partial charge on any atom is 0.408 e. The third-order valence-electron chi connectivity index (χ3n) is 3.61. The topological polar surface area (TPSA) is 86.5 Å². The van der Waals surface area contributed by atoms with Crippen LogP contribution in [-0.4, -0.2) is 34.0 Å². The van der Waals surface area contributed by atoms with Crippen molar-refractivity contribution in [2.45, 2.75) is 65.7 Å². The molecule has 7 nitrogen and oxygen atoms in total. The highest BCUT2D eigenvalue weighted by molar-refractivity contribution is 9.10. The Bertz CT molecular complexity index is 822. The lowest BCUT2D eigenvalue weighted by Crippen LogP contribution is -2.42. The summed E-state index contributed by atoms with van der Waals surface area (Å²) in [5, 5.41) is 11.0. The molecule has 0 radical (unpaired) electrons. The van der Waals surface area contributed by atoms with Crippen LogP contribution in [-0.2, 0) is 9.47 Å². The highest BCUT2D eigenvalue weighted by atomic mass is 79.9. The molecule has 0 saturated heterocycles. The van der Waals surface area contributed by atoms with E-state index in [2.05, 4.69) is 31.4 Å². The summed E-state index contributed by atoms with van der Waals surface area (Å²) in [5.41, 5.74) is 0.945. The first-order valence-electron chi connectivity index (χ1n) is 9.07. The Morgan fingerprint density at radius 2 is 1.89 bits per heavy atom. The minimum Gasteiger partial charge on any atom is -0.434 e. The van der Waals surface area contributed by atoms with Crippen LogP contribution in [0.15, 0.2) is 27.1 Å². The van der Waals surface area contributed by atoms with Gasteiger partial charge in [0, 0.05) is 15.6 Å². The number of amides is 1. The molecule has 0 aliphatic heterocycles. The van der Waals surface area contributed by atoms with E-state index in [1.165, 1.54) is 0 Å². The number of aromatic nitrogens is 2. The van der Waals surface area contributed by atoms with Gasteiger partial charge in [0.15, 0.2) is 0 Å². The highest BCUT2D eigenvalue weighted by Gasteiger charge is 2.28. The second-order valence-electron chi connectivity index (χ2n) is 8.55. The smallest absolute Gasteiger partial charge is 0.408 e. The summed E-state index contributed by atoms with van der Waals surface area (Å²) in [4.78, 5) is 12.3. The zero-order chi connectivity index (χ0) is 21.1. The summed E-state index contributed by atoms with van der Waals surface area (Å²) < 4.78 is 18.1. The molecule has 0 saturated carbocycles. The number of ether oxygens (including phenoxy) is 2. The van der Waals surface area contributed by atoms with Crippen molar-refractivity contribution in [1.29, 1.82) is 0 Å². The number of rotatable bonds is 5. The molecule has 8 heteroatoms. The van der Waals surface area contributed by atoms with Gasteiger partial charge < -0.3 is 19.2 Å². The molecule has 154 valence electrons. The summed E-state index contributed by atoms with van der Waals surface area (Å²) >= 11 is 3.50. The van der Waals surface area contributed by atoms with Gasteiger partial charge in [0.1, 0.15) is 0 Å². The molecular weight excluding hydrogens is 426 g/mol. The van der Waals surface area contributed by atoms with Crippen LogP contribution in [0, 0.1) is 6.92 Å². The number of nitrogens with one attached hydrogen (secondary N) is 1. The number of carbonyl (C=O) groups excluding carboxylic acids is 1. The van der Waals surface area contributed by atoms with Gasteiger partial charge in [-0.25, -0.2) is 4.79 Å². The molecule has 0 unspecified atom stereocenters. The van der Waals surface area contributed by atoms with Gasteiger partial charge in [0.25, 0.3) is 5.89 Å². The second-order valence-corrected chi connectivity index (χ2v) is 9.40. The maximum absolute atomic E-state index is 12.3. The van der Waals surface area contributed by atoms with Gasteiger partial charge in [-0.1, -0.05) is 22.0 Å². The number of hydrogen-bond acceptors (Lipinski definition) is 6. The van der Waals surface area contributed by atoms with E-state index in [0.29, 0.717) is 5.89 Å². The third-order valence-corrected chi connectivity index (χ3v) is 4.47. The molecule has 0 spiro atoms. The van der Waals surface area contributed by atoms with E-state index in [1.807, 2.05) is 66.7 Å². The number of hydrogen-bond donors (Lipinski definition) is 1. The lowest BCUT2D eigenvalue weighted by atomic mass is 10.1. The van der Waals surface area contributed by atoms with E-state index in [9.17, 15) is 4.79 Å². The van der Waals surface area contributed by atoms with Crippen LogP contribution in [0.5, 0.6) is 0 Å². The molecule has 0 fully saturated rings. The van der Waals surface area contributed by atoms with E-state index in [4.69, 9.17) is 13.9 Å². The summed E-state index contributed by atoms with van der Waals surface area (Å²) in [7, 11) is 0. The van der Waals surface area contributed by atoms with Gasteiger partial charge in [-0.2, -0.15) is 0 Å². The molecule has 1 heterocycles. The molecule has 2 aromatic rings. The van der Waals surface area contributed by atoms with Gasteiger partial charge in [0.05, 0.1) is 12.2 Å². The quantitative estimate of drug-likeness (QED) is 0.669. The molecule has 2 rings (SSSR count). The normalized spacial score (nSPS) is 13.3. The minimum absolute atomic E-state index is 0.0974. The van der Waals surface area contributed by atoms with Gasteiger partial charge >= 0.3 is 6.09 Å². The summed E-state index contributed by atoms with van der Waals surface area (Å²) in [6.07, 6.45) is -1.40. The van der Waals surface area contributed by atoms with Crippen molar-refractivity contribution in [2.75, 3.05) is 6.61 Å². The number of nitrogens with zero attached hydrogens (tertiary/aromatic N) is 2. The van der Waals surface area contributed by atoms with Crippen LogP contribution in [0.4, 0.5) is 4.79 Å². The number of benzene rings is 1. The molecule has 1 atom stereocenters. The fraction of sp³-hybridized carbons (Fsp3) is 0.550. The van der Waals surface area contributed by atoms with Crippen molar-refractivity contribution in [1.82, 2.24) is 15.5 Å². The average molecular weight is 454 g/mol. The van der Waals surface area contributed by atoms with Crippen LogP contribution < -0.4 is 5.32 Å². The van der Waals surface area contributed by atoms with Gasteiger partial charge in [-0.3, -0.25) is 0 Å². The number of carbonyl (C=O) groups is 1. The lowest BCUT2D eigenvalue weighted by Gasteiger charge is -2.25. The zero-order valence-electron chi connectivity index (χ0n) is 17.4. The fourth-order valence-corrected chi connectivity index (χ4v) is 2.63. The lowest BCUT2D eigenvalue weighted by molar-refractivity contribution is -0.0609. The van der Waals surface area contributed by atoms with Crippen molar-refractivity contribution in [3.8, 4) is 11.5 Å². The van der Waals surface area contributed by atoms with Crippen LogP contribution in [0.25, 0.3) is 11.5 Å². The van der Waals surface area contributed by atoms with E-state index in [1.54, 1.807) is 0 Å². The van der Waals surface area contributed by atoms with Crippen molar-refractivity contribution >= 4 is 22.0 Å². The number of halogens is 1. The van der Waals surface area contributed by atoms with E-state index in [0.717, 1.165) is 15.6 Å². The Hall–Kier alpha value is -1.93. The van der Waals surface area contributed by atoms with Crippen molar-refractivity contribution < 1.29 is 18.7 Å². The van der Waals surface area contributed by atoms with Gasteiger partial charge in [0.2, 0.25) is 12.0 Å². The molecule has 28 heavy (non-hydrogen) atoms. The van der Waals surface area contributed by atoms with Crippen LogP contribution in [0.3, 0.4) is 0 Å². The van der Waals surface area contributed by atoms with E-state index < -0.39 is 23.3 Å². The Balaban J connectivity index is 2.26. The number of alkyl carbamates (subject to hydrolysis) is 1.